The van der Waals surface area contributed by atoms with E-state index >= 15 is 0 Å². The number of nitrogens with zero attached hydrogens (tertiary/aromatic N) is 1. The van der Waals surface area contributed by atoms with E-state index < -0.39 is 0 Å². The van der Waals surface area contributed by atoms with Crippen LogP contribution in [0, 0.1) is 11.3 Å². The Labute approximate surface area is 107 Å². The second kappa shape index (κ2) is 6.30. The highest BCUT2D eigenvalue weighted by Gasteiger charge is 2.31. The van der Waals surface area contributed by atoms with Gasteiger partial charge in [-0.15, -0.1) is 0 Å². The van der Waals surface area contributed by atoms with E-state index in [2.05, 4.69) is 45.2 Å². The SMILES string of the molecule is CCC(CC)(CS)CN1CC(C)CCC1C. The van der Waals surface area contributed by atoms with Gasteiger partial charge in [0.25, 0.3) is 0 Å². The van der Waals surface area contributed by atoms with E-state index in [1.54, 1.807) is 0 Å². The van der Waals surface area contributed by atoms with E-state index in [1.165, 1.54) is 38.8 Å². The van der Waals surface area contributed by atoms with Crippen LogP contribution in [0.25, 0.3) is 0 Å². The molecule has 1 nitrogen and oxygen atoms in total. The monoisotopic (exact) mass is 243 g/mol. The zero-order valence-electron chi connectivity index (χ0n) is 11.5. The predicted molar refractivity (Wildman–Crippen MR) is 76.3 cm³/mol. The summed E-state index contributed by atoms with van der Waals surface area (Å²) < 4.78 is 0. The first-order chi connectivity index (χ1) is 7.56. The zero-order valence-corrected chi connectivity index (χ0v) is 12.4. The molecule has 0 aromatic carbocycles. The maximum atomic E-state index is 4.59. The molecule has 0 aromatic rings. The van der Waals surface area contributed by atoms with Gasteiger partial charge in [-0.1, -0.05) is 20.8 Å². The molecule has 0 saturated carbocycles. The molecular weight excluding hydrogens is 214 g/mol. The average Bonchev–Trinajstić information content (AvgIpc) is 2.31. The maximum Gasteiger partial charge on any atom is 0.00673 e. The minimum absolute atomic E-state index is 0.439. The third-order valence-corrected chi connectivity index (χ3v) is 5.29. The summed E-state index contributed by atoms with van der Waals surface area (Å²) in [7, 11) is 0. The van der Waals surface area contributed by atoms with Crippen molar-refractivity contribution in [1.82, 2.24) is 4.90 Å². The van der Waals surface area contributed by atoms with Crippen LogP contribution in [-0.2, 0) is 0 Å². The highest BCUT2D eigenvalue weighted by Crippen LogP contribution is 2.32. The molecule has 1 rings (SSSR count). The first-order valence-corrected chi connectivity index (χ1v) is 7.55. The summed E-state index contributed by atoms with van der Waals surface area (Å²) in [5, 5.41) is 0. The van der Waals surface area contributed by atoms with Gasteiger partial charge in [0.05, 0.1) is 0 Å². The Kier molecular flexibility index (Phi) is 5.66. The smallest absolute Gasteiger partial charge is 0.00673 e. The minimum atomic E-state index is 0.439. The first-order valence-electron chi connectivity index (χ1n) is 6.91. The van der Waals surface area contributed by atoms with Gasteiger partial charge in [0.2, 0.25) is 0 Å². The fourth-order valence-corrected chi connectivity index (χ4v) is 3.33. The molecule has 1 heterocycles. The van der Waals surface area contributed by atoms with Gasteiger partial charge in [0.1, 0.15) is 0 Å². The third kappa shape index (κ3) is 3.40. The van der Waals surface area contributed by atoms with Crippen molar-refractivity contribution in [2.24, 2.45) is 11.3 Å². The lowest BCUT2D eigenvalue weighted by atomic mass is 9.82. The largest absolute Gasteiger partial charge is 0.300 e. The quantitative estimate of drug-likeness (QED) is 0.718. The van der Waals surface area contributed by atoms with Crippen LogP contribution in [0.15, 0.2) is 0 Å². The summed E-state index contributed by atoms with van der Waals surface area (Å²) >= 11 is 4.59. The van der Waals surface area contributed by atoms with E-state index in [9.17, 15) is 0 Å². The molecule has 16 heavy (non-hydrogen) atoms. The lowest BCUT2D eigenvalue weighted by molar-refractivity contribution is 0.0716. The highest BCUT2D eigenvalue weighted by atomic mass is 32.1. The van der Waals surface area contributed by atoms with Crippen LogP contribution in [0.1, 0.15) is 53.4 Å². The van der Waals surface area contributed by atoms with Gasteiger partial charge >= 0.3 is 0 Å². The Balaban J connectivity index is 2.62. The fraction of sp³-hybridized carbons (Fsp3) is 1.00. The number of rotatable bonds is 5. The maximum absolute atomic E-state index is 4.59. The minimum Gasteiger partial charge on any atom is -0.300 e. The molecule has 0 N–H and O–H groups in total. The topological polar surface area (TPSA) is 3.24 Å². The molecule has 0 amide bonds. The summed E-state index contributed by atoms with van der Waals surface area (Å²) in [6.45, 7) is 11.9. The van der Waals surface area contributed by atoms with Crippen molar-refractivity contribution in [3.8, 4) is 0 Å². The second-order valence-corrected chi connectivity index (χ2v) is 6.14. The molecule has 0 bridgehead atoms. The number of thiol groups is 1. The molecular formula is C14H29NS. The van der Waals surface area contributed by atoms with Crippen LogP contribution >= 0.6 is 12.6 Å². The van der Waals surface area contributed by atoms with Crippen molar-refractivity contribution in [2.45, 2.75) is 59.4 Å². The van der Waals surface area contributed by atoms with Crippen molar-refractivity contribution in [1.29, 1.82) is 0 Å². The Bertz CT molecular complexity index is 193. The van der Waals surface area contributed by atoms with Crippen molar-refractivity contribution in [2.75, 3.05) is 18.8 Å². The molecule has 96 valence electrons. The van der Waals surface area contributed by atoms with E-state index in [0.29, 0.717) is 5.41 Å². The number of hydrogen-bond acceptors (Lipinski definition) is 2. The first kappa shape index (κ1) is 14.4. The van der Waals surface area contributed by atoms with Crippen LogP contribution in [-0.4, -0.2) is 29.8 Å². The number of piperidine rings is 1. The van der Waals surface area contributed by atoms with Crippen molar-refractivity contribution < 1.29 is 0 Å². The molecule has 0 aromatic heterocycles. The van der Waals surface area contributed by atoms with Crippen molar-refractivity contribution in [3.05, 3.63) is 0 Å². The van der Waals surface area contributed by atoms with Crippen LogP contribution < -0.4 is 0 Å². The van der Waals surface area contributed by atoms with Crippen LogP contribution in [0.5, 0.6) is 0 Å². The average molecular weight is 243 g/mol. The van der Waals surface area contributed by atoms with Gasteiger partial charge in [-0.2, -0.15) is 12.6 Å². The molecule has 0 aliphatic carbocycles. The molecule has 2 heteroatoms. The van der Waals surface area contributed by atoms with E-state index in [0.717, 1.165) is 17.7 Å². The summed E-state index contributed by atoms with van der Waals surface area (Å²) in [5.41, 5.74) is 0.439. The number of likely N-dealkylation sites (tertiary alicyclic amines) is 1. The van der Waals surface area contributed by atoms with Crippen LogP contribution in [0.3, 0.4) is 0 Å². The lowest BCUT2D eigenvalue weighted by Crippen LogP contribution is -2.47. The molecule has 1 fully saturated rings. The molecule has 0 radical (unpaired) electrons. The Hall–Kier alpha value is 0.310. The molecule has 2 atom stereocenters. The van der Waals surface area contributed by atoms with Crippen molar-refractivity contribution >= 4 is 12.6 Å². The molecule has 1 aliphatic heterocycles. The molecule has 1 saturated heterocycles. The van der Waals surface area contributed by atoms with Gasteiger partial charge in [-0.25, -0.2) is 0 Å². The van der Waals surface area contributed by atoms with E-state index in [4.69, 9.17) is 0 Å². The van der Waals surface area contributed by atoms with Gasteiger partial charge in [-0.3, -0.25) is 4.90 Å². The Morgan fingerprint density at radius 3 is 2.31 bits per heavy atom. The Morgan fingerprint density at radius 1 is 1.19 bits per heavy atom. The zero-order chi connectivity index (χ0) is 12.2. The number of hydrogen-bond donors (Lipinski definition) is 1. The lowest BCUT2D eigenvalue weighted by Gasteiger charge is -2.43. The Morgan fingerprint density at radius 2 is 1.81 bits per heavy atom. The fourth-order valence-electron chi connectivity index (χ4n) is 2.78. The molecule has 2 unspecified atom stereocenters. The normalized spacial score (nSPS) is 28.3. The van der Waals surface area contributed by atoms with Crippen LogP contribution in [0.2, 0.25) is 0 Å². The van der Waals surface area contributed by atoms with E-state index in [1.807, 2.05) is 0 Å². The summed E-state index contributed by atoms with van der Waals surface area (Å²) in [6.07, 6.45) is 5.29. The third-order valence-electron chi connectivity index (χ3n) is 4.62. The molecule has 0 spiro atoms. The van der Waals surface area contributed by atoms with Gasteiger partial charge in [-0.05, 0) is 49.7 Å². The highest BCUT2D eigenvalue weighted by molar-refractivity contribution is 7.80. The van der Waals surface area contributed by atoms with Gasteiger partial charge in [0.15, 0.2) is 0 Å². The van der Waals surface area contributed by atoms with Crippen LogP contribution in [0.4, 0.5) is 0 Å². The van der Waals surface area contributed by atoms with Gasteiger partial charge < -0.3 is 0 Å². The summed E-state index contributed by atoms with van der Waals surface area (Å²) in [4.78, 5) is 2.71. The predicted octanol–water partition coefficient (Wildman–Crippen LogP) is 3.84. The van der Waals surface area contributed by atoms with Crippen molar-refractivity contribution in [3.63, 3.8) is 0 Å². The van der Waals surface area contributed by atoms with E-state index in [-0.39, 0.29) is 0 Å². The summed E-state index contributed by atoms with van der Waals surface area (Å²) in [6, 6.07) is 0.772. The standard InChI is InChI=1S/C14H29NS/c1-5-14(6-2,11-16)10-15-9-12(3)7-8-13(15)4/h12-13,16H,5-11H2,1-4H3. The van der Waals surface area contributed by atoms with Gasteiger partial charge in [0, 0.05) is 19.1 Å². The second-order valence-electron chi connectivity index (χ2n) is 5.83. The summed E-state index contributed by atoms with van der Waals surface area (Å²) in [5.74, 6) is 1.90. The molecule has 1 aliphatic rings.